The number of fused-ring (bicyclic) bond motifs is 3. The van der Waals surface area contributed by atoms with Gasteiger partial charge < -0.3 is 20.1 Å². The summed E-state index contributed by atoms with van der Waals surface area (Å²) in [5.41, 5.74) is 4.59. The predicted octanol–water partition coefficient (Wildman–Crippen LogP) is 4.24. The first kappa shape index (κ1) is 21.4. The Labute approximate surface area is 183 Å². The topological polar surface area (TPSA) is 78.9 Å². The number of ether oxygens (including phenoxy) is 1. The van der Waals surface area contributed by atoms with E-state index in [4.69, 9.17) is 4.74 Å². The quantitative estimate of drug-likeness (QED) is 0.665. The zero-order valence-electron chi connectivity index (χ0n) is 17.8. The number of carboxylic acids is 1. The summed E-state index contributed by atoms with van der Waals surface area (Å²) in [5.74, 6) is -1.06. The van der Waals surface area contributed by atoms with E-state index in [1.807, 2.05) is 24.3 Å². The summed E-state index contributed by atoms with van der Waals surface area (Å²) in [5, 5.41) is 12.1. The van der Waals surface area contributed by atoms with Gasteiger partial charge >= 0.3 is 12.1 Å². The standard InChI is InChI=1S/C25H30N2O4/c28-24(29)23(13-8-16-27-14-6-1-7-15-27)26-25(30)31-17-22-20-11-4-2-9-18(20)19-10-3-5-12-21(19)22/h2-5,9-12,22-23H,1,6-8,13-17H2,(H,26,30)(H,28,29). The molecule has 6 nitrogen and oxygen atoms in total. The van der Waals surface area contributed by atoms with Crippen LogP contribution in [0.15, 0.2) is 48.5 Å². The molecule has 1 unspecified atom stereocenters. The van der Waals surface area contributed by atoms with Crippen molar-refractivity contribution < 1.29 is 19.4 Å². The molecule has 1 aliphatic heterocycles. The highest BCUT2D eigenvalue weighted by molar-refractivity contribution is 5.81. The first-order valence-corrected chi connectivity index (χ1v) is 11.2. The van der Waals surface area contributed by atoms with E-state index >= 15 is 0 Å². The van der Waals surface area contributed by atoms with Crippen LogP contribution < -0.4 is 5.32 Å². The van der Waals surface area contributed by atoms with E-state index in [0.717, 1.165) is 48.3 Å². The van der Waals surface area contributed by atoms with Gasteiger partial charge in [-0.1, -0.05) is 55.0 Å². The minimum Gasteiger partial charge on any atom is -0.480 e. The molecule has 0 spiro atoms. The van der Waals surface area contributed by atoms with Crippen molar-refractivity contribution in [1.29, 1.82) is 0 Å². The second-order valence-electron chi connectivity index (χ2n) is 8.41. The Morgan fingerprint density at radius 3 is 2.23 bits per heavy atom. The lowest BCUT2D eigenvalue weighted by Crippen LogP contribution is -2.42. The molecule has 0 aromatic heterocycles. The first-order valence-electron chi connectivity index (χ1n) is 11.2. The van der Waals surface area contributed by atoms with Gasteiger partial charge in [0.05, 0.1) is 0 Å². The number of alkyl carbamates (subject to hydrolysis) is 1. The van der Waals surface area contributed by atoms with Gasteiger partial charge in [0.15, 0.2) is 0 Å². The van der Waals surface area contributed by atoms with E-state index in [1.165, 1.54) is 19.3 Å². The number of nitrogens with one attached hydrogen (secondary N) is 1. The molecule has 2 N–H and O–H groups in total. The molecule has 1 atom stereocenters. The SMILES string of the molecule is O=C(NC(CCCN1CCCCC1)C(=O)O)OCC1c2ccccc2-c2ccccc21. The largest absolute Gasteiger partial charge is 0.480 e. The summed E-state index contributed by atoms with van der Waals surface area (Å²) < 4.78 is 5.49. The molecule has 1 saturated heterocycles. The van der Waals surface area contributed by atoms with E-state index in [9.17, 15) is 14.7 Å². The number of likely N-dealkylation sites (tertiary alicyclic amines) is 1. The Hall–Kier alpha value is -2.86. The Kier molecular flexibility index (Phi) is 6.87. The Morgan fingerprint density at radius 1 is 1.00 bits per heavy atom. The van der Waals surface area contributed by atoms with E-state index in [-0.39, 0.29) is 12.5 Å². The van der Waals surface area contributed by atoms with Crippen LogP contribution in [-0.4, -0.2) is 54.4 Å². The molecule has 1 aliphatic carbocycles. The maximum absolute atomic E-state index is 12.4. The number of aliphatic carboxylic acids is 1. The third kappa shape index (κ3) is 5.07. The smallest absolute Gasteiger partial charge is 0.407 e. The van der Waals surface area contributed by atoms with Crippen LogP contribution in [0.1, 0.15) is 49.1 Å². The summed E-state index contributed by atoms with van der Waals surface area (Å²) in [7, 11) is 0. The lowest BCUT2D eigenvalue weighted by molar-refractivity contribution is -0.139. The van der Waals surface area contributed by atoms with Crippen LogP contribution in [0.25, 0.3) is 11.1 Å². The van der Waals surface area contributed by atoms with Gasteiger partial charge in [0.2, 0.25) is 0 Å². The van der Waals surface area contributed by atoms with Crippen molar-refractivity contribution in [2.75, 3.05) is 26.2 Å². The Morgan fingerprint density at radius 2 is 1.61 bits per heavy atom. The second kappa shape index (κ2) is 9.96. The molecular weight excluding hydrogens is 392 g/mol. The van der Waals surface area contributed by atoms with Gasteiger partial charge in [0.1, 0.15) is 12.6 Å². The molecular formula is C25H30N2O4. The van der Waals surface area contributed by atoms with Gasteiger partial charge in [-0.05, 0) is 67.6 Å². The molecule has 2 aromatic carbocycles. The Balaban J connectivity index is 1.31. The normalized spacial score (nSPS) is 16.9. The molecule has 0 bridgehead atoms. The fraction of sp³-hybridized carbons (Fsp3) is 0.440. The zero-order chi connectivity index (χ0) is 21.6. The van der Waals surface area contributed by atoms with Gasteiger partial charge in [-0.15, -0.1) is 0 Å². The van der Waals surface area contributed by atoms with Crippen LogP contribution >= 0.6 is 0 Å². The maximum atomic E-state index is 12.4. The van der Waals surface area contributed by atoms with Gasteiger partial charge in [0.25, 0.3) is 0 Å². The Bertz CT molecular complexity index is 878. The van der Waals surface area contributed by atoms with Crippen molar-refractivity contribution in [3.05, 3.63) is 59.7 Å². The first-order chi connectivity index (χ1) is 15.1. The number of benzene rings is 2. The molecule has 1 amide bonds. The van der Waals surface area contributed by atoms with Crippen molar-refractivity contribution in [1.82, 2.24) is 10.2 Å². The number of carboxylic acid groups (broad SMARTS) is 1. The lowest BCUT2D eigenvalue weighted by Gasteiger charge is -2.26. The predicted molar refractivity (Wildman–Crippen MR) is 119 cm³/mol. The minimum atomic E-state index is -1.02. The summed E-state index contributed by atoms with van der Waals surface area (Å²) in [4.78, 5) is 26.4. The number of hydrogen-bond donors (Lipinski definition) is 2. The average Bonchev–Trinajstić information content (AvgIpc) is 3.11. The van der Waals surface area contributed by atoms with Gasteiger partial charge in [-0.3, -0.25) is 0 Å². The molecule has 6 heteroatoms. The number of carbonyl (C=O) groups is 2. The third-order valence-corrected chi connectivity index (χ3v) is 6.35. The van der Waals surface area contributed by atoms with Crippen LogP contribution in [0.4, 0.5) is 4.79 Å². The highest BCUT2D eigenvalue weighted by Gasteiger charge is 2.29. The highest BCUT2D eigenvalue weighted by atomic mass is 16.5. The number of amides is 1. The monoisotopic (exact) mass is 422 g/mol. The van der Waals surface area contributed by atoms with Crippen LogP contribution in [0.5, 0.6) is 0 Å². The number of nitrogens with zero attached hydrogens (tertiary/aromatic N) is 1. The molecule has 1 fully saturated rings. The molecule has 1 heterocycles. The number of rotatable bonds is 8. The maximum Gasteiger partial charge on any atom is 0.407 e. The van der Waals surface area contributed by atoms with Crippen LogP contribution in [0, 0.1) is 0 Å². The fourth-order valence-corrected chi connectivity index (χ4v) is 4.74. The highest BCUT2D eigenvalue weighted by Crippen LogP contribution is 2.44. The van der Waals surface area contributed by atoms with Crippen LogP contribution in [0.2, 0.25) is 0 Å². The minimum absolute atomic E-state index is 0.0412. The molecule has 4 rings (SSSR count). The van der Waals surface area contributed by atoms with Crippen molar-refractivity contribution in [2.24, 2.45) is 0 Å². The fourth-order valence-electron chi connectivity index (χ4n) is 4.74. The molecule has 0 saturated carbocycles. The van der Waals surface area contributed by atoms with E-state index in [0.29, 0.717) is 6.42 Å². The van der Waals surface area contributed by atoms with Gasteiger partial charge in [-0.2, -0.15) is 0 Å². The number of hydrogen-bond acceptors (Lipinski definition) is 4. The summed E-state index contributed by atoms with van der Waals surface area (Å²) in [6.07, 6.45) is 4.15. The van der Waals surface area contributed by atoms with Gasteiger partial charge in [0, 0.05) is 5.92 Å². The summed E-state index contributed by atoms with van der Waals surface area (Å²) >= 11 is 0. The average molecular weight is 423 g/mol. The van der Waals surface area contributed by atoms with E-state index < -0.39 is 18.1 Å². The third-order valence-electron chi connectivity index (χ3n) is 6.35. The van der Waals surface area contributed by atoms with Crippen molar-refractivity contribution in [3.8, 4) is 11.1 Å². The molecule has 0 radical (unpaired) electrons. The lowest BCUT2D eigenvalue weighted by atomic mass is 9.98. The summed E-state index contributed by atoms with van der Waals surface area (Å²) in [6.45, 7) is 3.21. The molecule has 2 aromatic rings. The number of carbonyl (C=O) groups excluding carboxylic acids is 1. The van der Waals surface area contributed by atoms with Crippen LogP contribution in [0.3, 0.4) is 0 Å². The zero-order valence-corrected chi connectivity index (χ0v) is 17.8. The summed E-state index contributed by atoms with van der Waals surface area (Å²) in [6, 6.07) is 15.3. The van der Waals surface area contributed by atoms with Crippen molar-refractivity contribution in [2.45, 2.75) is 44.1 Å². The molecule has 2 aliphatic rings. The van der Waals surface area contributed by atoms with E-state index in [1.54, 1.807) is 0 Å². The van der Waals surface area contributed by atoms with Crippen molar-refractivity contribution in [3.63, 3.8) is 0 Å². The van der Waals surface area contributed by atoms with Gasteiger partial charge in [-0.25, -0.2) is 9.59 Å². The molecule has 31 heavy (non-hydrogen) atoms. The van der Waals surface area contributed by atoms with E-state index in [2.05, 4.69) is 34.5 Å². The number of piperidine rings is 1. The molecule has 164 valence electrons. The van der Waals surface area contributed by atoms with Crippen LogP contribution in [-0.2, 0) is 9.53 Å². The second-order valence-corrected chi connectivity index (χ2v) is 8.41. The van der Waals surface area contributed by atoms with Crippen molar-refractivity contribution >= 4 is 12.1 Å².